The second kappa shape index (κ2) is 15.6. The summed E-state index contributed by atoms with van der Waals surface area (Å²) in [5.74, 6) is -2.01. The first-order valence-corrected chi connectivity index (χ1v) is 20.0. The van der Waals surface area contributed by atoms with Crippen molar-refractivity contribution in [1.82, 2.24) is 29.5 Å². The van der Waals surface area contributed by atoms with Crippen LogP contribution >= 0.6 is 11.3 Å². The zero-order chi connectivity index (χ0) is 41.6. The highest BCUT2D eigenvalue weighted by atomic mass is 32.1. The quantitative estimate of drug-likeness (QED) is 0.206. The minimum atomic E-state index is -1.03. The van der Waals surface area contributed by atoms with E-state index < -0.39 is 58.9 Å². The predicted molar refractivity (Wildman–Crippen MR) is 215 cm³/mol. The first-order valence-electron chi connectivity index (χ1n) is 19.1. The average molecular weight is 805 g/mol. The maximum atomic E-state index is 14.3. The summed E-state index contributed by atoms with van der Waals surface area (Å²) in [7, 11) is 0. The first kappa shape index (κ1) is 41.5. The number of piperazine rings is 1. The van der Waals surface area contributed by atoms with Crippen molar-refractivity contribution in [3.63, 3.8) is 0 Å². The Hall–Kier alpha value is -5.16. The molecule has 2 fully saturated rings. The molecule has 0 spiro atoms. The van der Waals surface area contributed by atoms with Crippen LogP contribution in [0.1, 0.15) is 106 Å². The lowest BCUT2D eigenvalue weighted by molar-refractivity contribution is -0.154. The SMILES string of the molecule is C[C@@H]1CN(C(=O)C(=O)Nc2cnc(N(C(=O)OC(C)(C)C)C(=O)OC(C)(C)C)c3cn(C4CCCCO4)nc23)[C@@H](c2ccc3scnc3c2)CN1C(=O)C(C)(C)C. The highest BCUT2D eigenvalue weighted by Gasteiger charge is 2.42. The van der Waals surface area contributed by atoms with Gasteiger partial charge in [-0.1, -0.05) is 26.8 Å². The molecule has 4 aromatic rings. The van der Waals surface area contributed by atoms with E-state index in [0.29, 0.717) is 17.9 Å². The number of nitrogens with zero attached hydrogens (tertiary/aromatic N) is 7. The highest BCUT2D eigenvalue weighted by molar-refractivity contribution is 7.16. The number of imide groups is 1. The molecule has 3 aromatic heterocycles. The van der Waals surface area contributed by atoms with Gasteiger partial charge in [-0.2, -0.15) is 10.00 Å². The lowest BCUT2D eigenvalue weighted by Crippen LogP contribution is -2.60. The van der Waals surface area contributed by atoms with Gasteiger partial charge in [0, 0.05) is 37.4 Å². The average Bonchev–Trinajstić information content (AvgIpc) is 3.78. The Bertz CT molecular complexity index is 2160. The molecule has 2 saturated heterocycles. The summed E-state index contributed by atoms with van der Waals surface area (Å²) in [5.41, 5.74) is 0.815. The van der Waals surface area contributed by atoms with Crippen LogP contribution in [-0.4, -0.2) is 96.4 Å². The van der Waals surface area contributed by atoms with Crippen molar-refractivity contribution in [3.05, 3.63) is 41.7 Å². The molecule has 17 heteroatoms. The minimum Gasteiger partial charge on any atom is -0.443 e. The van der Waals surface area contributed by atoms with Crippen LogP contribution in [0.25, 0.3) is 21.1 Å². The van der Waals surface area contributed by atoms with Crippen LogP contribution in [-0.2, 0) is 28.6 Å². The summed E-state index contributed by atoms with van der Waals surface area (Å²) in [6, 6.07) is 4.66. The fourth-order valence-corrected chi connectivity index (χ4v) is 7.47. The minimum absolute atomic E-state index is 0.0602. The van der Waals surface area contributed by atoms with Crippen molar-refractivity contribution in [1.29, 1.82) is 0 Å². The van der Waals surface area contributed by atoms with Crippen molar-refractivity contribution in [2.45, 2.75) is 118 Å². The molecular weight excluding hydrogens is 753 g/mol. The van der Waals surface area contributed by atoms with Gasteiger partial charge in [-0.15, -0.1) is 11.3 Å². The van der Waals surface area contributed by atoms with Crippen LogP contribution in [0.3, 0.4) is 0 Å². The Morgan fingerprint density at radius 2 is 1.60 bits per heavy atom. The molecule has 2 aliphatic rings. The van der Waals surface area contributed by atoms with Crippen LogP contribution in [0.5, 0.6) is 0 Å². The monoisotopic (exact) mass is 804 g/mol. The standard InChI is InChI=1S/C40H52N8O8S/c1-23-19-46(28(21-45(23)35(51)38(2,3)4)24-14-15-29-26(17-24)42-22-57-29)34(50)33(49)43-27-18-41-32(25-20-47(44-31(25)27)30-13-11-12-16-54-30)48(36(52)55-39(5,6)7)37(53)56-40(8,9)10/h14-15,17-18,20,22-23,28,30H,11-13,16,19,21H2,1-10H3,(H,43,49)/t23-,28-,30?/m1/s1. The number of aromatic nitrogens is 4. The third kappa shape index (κ3) is 9.20. The number of thiazole rings is 1. The maximum Gasteiger partial charge on any atom is 0.425 e. The van der Waals surface area contributed by atoms with Crippen LogP contribution in [0.4, 0.5) is 21.1 Å². The molecule has 0 radical (unpaired) electrons. The van der Waals surface area contributed by atoms with E-state index in [1.54, 1.807) is 62.8 Å². The topological polar surface area (TPSA) is 178 Å². The number of anilines is 2. The molecule has 2 aliphatic heterocycles. The van der Waals surface area contributed by atoms with Crippen molar-refractivity contribution < 1.29 is 38.2 Å². The molecule has 1 unspecified atom stereocenters. The summed E-state index contributed by atoms with van der Waals surface area (Å²) >= 11 is 1.49. The summed E-state index contributed by atoms with van der Waals surface area (Å²) in [6.45, 7) is 18.2. The molecule has 6 rings (SSSR count). The van der Waals surface area contributed by atoms with Crippen LogP contribution in [0, 0.1) is 5.41 Å². The zero-order valence-corrected chi connectivity index (χ0v) is 35.1. The number of nitrogens with one attached hydrogen (secondary N) is 1. The summed E-state index contributed by atoms with van der Waals surface area (Å²) in [6.07, 6.45) is 2.71. The van der Waals surface area contributed by atoms with Gasteiger partial charge in [-0.25, -0.2) is 24.2 Å². The van der Waals surface area contributed by atoms with Gasteiger partial charge in [0.1, 0.15) is 22.9 Å². The van der Waals surface area contributed by atoms with Gasteiger partial charge in [0.25, 0.3) is 0 Å². The van der Waals surface area contributed by atoms with Crippen molar-refractivity contribution >= 4 is 73.9 Å². The van der Waals surface area contributed by atoms with Gasteiger partial charge < -0.3 is 29.3 Å². The van der Waals surface area contributed by atoms with E-state index in [9.17, 15) is 24.0 Å². The molecule has 5 amide bonds. The van der Waals surface area contributed by atoms with Crippen molar-refractivity contribution in [2.75, 3.05) is 29.9 Å². The van der Waals surface area contributed by atoms with Gasteiger partial charge in [-0.3, -0.25) is 14.4 Å². The van der Waals surface area contributed by atoms with Gasteiger partial charge >= 0.3 is 24.0 Å². The molecule has 57 heavy (non-hydrogen) atoms. The van der Waals surface area contributed by atoms with Crippen LogP contribution in [0.2, 0.25) is 0 Å². The van der Waals surface area contributed by atoms with E-state index in [-0.39, 0.29) is 41.4 Å². The largest absolute Gasteiger partial charge is 0.443 e. The number of amides is 5. The smallest absolute Gasteiger partial charge is 0.425 e. The molecule has 5 heterocycles. The Morgan fingerprint density at radius 1 is 0.912 bits per heavy atom. The number of carbonyl (C=O) groups is 5. The van der Waals surface area contributed by atoms with E-state index in [1.807, 2.05) is 45.9 Å². The summed E-state index contributed by atoms with van der Waals surface area (Å²) < 4.78 is 19.8. The van der Waals surface area contributed by atoms with Crippen molar-refractivity contribution in [3.8, 4) is 0 Å². The number of hydrogen-bond acceptors (Lipinski definition) is 12. The van der Waals surface area contributed by atoms with Gasteiger partial charge in [0.05, 0.1) is 39.0 Å². The number of ether oxygens (including phenoxy) is 3. The second-order valence-electron chi connectivity index (χ2n) is 17.5. The lowest BCUT2D eigenvalue weighted by Gasteiger charge is -2.46. The lowest BCUT2D eigenvalue weighted by atomic mass is 9.91. The Morgan fingerprint density at radius 3 is 2.21 bits per heavy atom. The van der Waals surface area contributed by atoms with Crippen molar-refractivity contribution in [2.24, 2.45) is 5.41 Å². The Labute approximate surface area is 335 Å². The van der Waals surface area contributed by atoms with E-state index in [1.165, 1.54) is 22.4 Å². The third-order valence-electron chi connectivity index (χ3n) is 9.44. The highest BCUT2D eigenvalue weighted by Crippen LogP contribution is 2.36. The first-order chi connectivity index (χ1) is 26.6. The number of hydrogen-bond donors (Lipinski definition) is 1. The second-order valence-corrected chi connectivity index (χ2v) is 18.4. The normalized spacial score (nSPS) is 19.4. The fourth-order valence-electron chi connectivity index (χ4n) is 6.81. The number of rotatable bonds is 4. The van der Waals surface area contributed by atoms with E-state index in [0.717, 1.165) is 28.6 Å². The molecule has 1 aromatic carbocycles. The summed E-state index contributed by atoms with van der Waals surface area (Å²) in [4.78, 5) is 82.3. The number of fused-ring (bicyclic) bond motifs is 2. The molecule has 3 atom stereocenters. The van der Waals surface area contributed by atoms with E-state index in [4.69, 9.17) is 19.3 Å². The Kier molecular flexibility index (Phi) is 11.4. The maximum absolute atomic E-state index is 14.3. The molecule has 306 valence electrons. The van der Waals surface area contributed by atoms with Crippen LogP contribution in [0.15, 0.2) is 36.1 Å². The van der Waals surface area contributed by atoms with Gasteiger partial charge in [-0.05, 0) is 85.4 Å². The number of benzene rings is 1. The Balaban J connectivity index is 1.38. The number of pyridine rings is 1. The van der Waals surface area contributed by atoms with E-state index in [2.05, 4.69) is 15.3 Å². The van der Waals surface area contributed by atoms with Gasteiger partial charge in [0.15, 0.2) is 5.82 Å². The number of carbonyl (C=O) groups excluding carboxylic acids is 5. The summed E-state index contributed by atoms with van der Waals surface area (Å²) in [5, 5.41) is 7.67. The predicted octanol–water partition coefficient (Wildman–Crippen LogP) is 7.20. The molecule has 1 N–H and O–H groups in total. The van der Waals surface area contributed by atoms with Crippen LogP contribution < -0.4 is 10.2 Å². The molecule has 0 bridgehead atoms. The molecule has 0 saturated carbocycles. The third-order valence-corrected chi connectivity index (χ3v) is 10.3. The molecular formula is C40H52N8O8S. The zero-order valence-electron chi connectivity index (χ0n) is 34.2. The van der Waals surface area contributed by atoms with E-state index >= 15 is 0 Å². The van der Waals surface area contributed by atoms with Gasteiger partial charge in [0.2, 0.25) is 5.91 Å². The molecule has 0 aliphatic carbocycles. The fraction of sp³-hybridized carbons (Fsp3) is 0.550. The molecule has 16 nitrogen and oxygen atoms in total.